The van der Waals surface area contributed by atoms with Gasteiger partial charge in [0, 0.05) is 31.1 Å². The Balaban J connectivity index is 1.39. The van der Waals surface area contributed by atoms with Crippen molar-refractivity contribution in [1.29, 1.82) is 0 Å². The molecule has 0 aliphatic rings. The van der Waals surface area contributed by atoms with Gasteiger partial charge in [0.2, 0.25) is 9.84 Å². The van der Waals surface area contributed by atoms with Gasteiger partial charge in [0.1, 0.15) is 0 Å². The number of rotatable bonds is 13. The van der Waals surface area contributed by atoms with E-state index in [1.165, 1.54) is 31.2 Å². The summed E-state index contributed by atoms with van der Waals surface area (Å²) in [5, 5.41) is 11.5. The van der Waals surface area contributed by atoms with E-state index >= 15 is 0 Å². The van der Waals surface area contributed by atoms with Gasteiger partial charge in [-0.1, -0.05) is 72.3 Å². The van der Waals surface area contributed by atoms with Crippen LogP contribution in [0.1, 0.15) is 36.1 Å². The summed E-state index contributed by atoms with van der Waals surface area (Å²) in [6.07, 6.45) is 0.876. The van der Waals surface area contributed by atoms with Crippen molar-refractivity contribution >= 4 is 27.4 Å². The monoisotopic (exact) mass is 593 g/mol. The minimum atomic E-state index is -3.79. The Bertz CT molecular complexity index is 1540. The third-order valence-corrected chi connectivity index (χ3v) is 8.46. The molecule has 0 unspecified atom stereocenters. The van der Waals surface area contributed by atoms with E-state index in [2.05, 4.69) is 21.9 Å². The Morgan fingerprint density at radius 1 is 0.878 bits per heavy atom. The first-order chi connectivity index (χ1) is 19.7. The van der Waals surface area contributed by atoms with Crippen molar-refractivity contribution in [3.63, 3.8) is 0 Å². The summed E-state index contributed by atoms with van der Waals surface area (Å²) in [6, 6.07) is 30.0. The first-order valence-electron chi connectivity index (χ1n) is 13.2. The molecule has 1 N–H and O–H groups in total. The summed E-state index contributed by atoms with van der Waals surface area (Å²) in [7, 11) is -3.79. The van der Waals surface area contributed by atoms with Gasteiger partial charge in [0.15, 0.2) is 5.75 Å². The molecule has 0 saturated carbocycles. The fourth-order valence-corrected chi connectivity index (χ4v) is 5.91. The highest BCUT2D eigenvalue weighted by molar-refractivity contribution is 7.91. The van der Waals surface area contributed by atoms with Crippen LogP contribution in [-0.2, 0) is 32.5 Å². The van der Waals surface area contributed by atoms with Crippen molar-refractivity contribution in [3.8, 4) is 5.75 Å². The zero-order valence-electron chi connectivity index (χ0n) is 22.6. The lowest BCUT2D eigenvalue weighted by molar-refractivity contribution is -0.210. The highest BCUT2D eigenvalue weighted by atomic mass is 35.5. The molecule has 0 heterocycles. The van der Waals surface area contributed by atoms with Gasteiger partial charge in [-0.2, -0.15) is 0 Å². The highest BCUT2D eigenvalue weighted by Crippen LogP contribution is 2.25. The van der Waals surface area contributed by atoms with Crippen LogP contribution >= 0.6 is 11.6 Å². The number of benzene rings is 4. The largest absolute Gasteiger partial charge is 0.387 e. The van der Waals surface area contributed by atoms with Crippen LogP contribution in [0.4, 0.5) is 0 Å². The molecular formula is C32H32ClNO6S. The maximum atomic E-state index is 13.2. The number of hydrogen-bond acceptors (Lipinski definition) is 7. The van der Waals surface area contributed by atoms with E-state index in [1.807, 2.05) is 42.5 Å². The van der Waals surface area contributed by atoms with E-state index < -0.39 is 21.9 Å². The van der Waals surface area contributed by atoms with Crippen LogP contribution in [0.3, 0.4) is 0 Å². The number of sulfone groups is 1. The van der Waals surface area contributed by atoms with Crippen molar-refractivity contribution in [2.75, 3.05) is 13.1 Å². The average Bonchev–Trinajstić information content (AvgIpc) is 2.97. The molecule has 0 aromatic heterocycles. The second kappa shape index (κ2) is 14.3. The summed E-state index contributed by atoms with van der Waals surface area (Å²) in [4.78, 5) is 22.7. The van der Waals surface area contributed by atoms with Crippen LogP contribution in [0.15, 0.2) is 113 Å². The number of carbonyl (C=O) groups excluding carboxylic acids is 1. The fourth-order valence-electron chi connectivity index (χ4n) is 4.42. The Kier molecular flexibility index (Phi) is 10.5. The van der Waals surface area contributed by atoms with Gasteiger partial charge in [-0.3, -0.25) is 14.7 Å². The molecule has 0 aliphatic carbocycles. The number of aryl methyl sites for hydroxylation is 1. The summed E-state index contributed by atoms with van der Waals surface area (Å²) in [6.45, 7) is 3.07. The normalized spacial score (nSPS) is 12.2. The van der Waals surface area contributed by atoms with Crippen molar-refractivity contribution in [3.05, 3.63) is 125 Å². The zero-order chi connectivity index (χ0) is 29.2. The number of carbonyl (C=O) groups is 1. The molecule has 0 saturated heterocycles. The van der Waals surface area contributed by atoms with Crippen LogP contribution in [0.2, 0.25) is 5.02 Å². The first kappa shape index (κ1) is 30.3. The van der Waals surface area contributed by atoms with Crippen LogP contribution in [0.5, 0.6) is 5.75 Å². The maximum Gasteiger partial charge on any atom is 0.352 e. The number of aliphatic hydroxyl groups excluding tert-OH is 1. The van der Waals surface area contributed by atoms with Crippen molar-refractivity contribution in [2.24, 2.45) is 0 Å². The van der Waals surface area contributed by atoms with Crippen molar-refractivity contribution in [1.82, 2.24) is 4.90 Å². The molecule has 0 fully saturated rings. The van der Waals surface area contributed by atoms with E-state index in [4.69, 9.17) is 16.5 Å². The van der Waals surface area contributed by atoms with Gasteiger partial charge in [0.25, 0.3) is 0 Å². The average molecular weight is 594 g/mol. The summed E-state index contributed by atoms with van der Waals surface area (Å²) < 4.78 is 26.3. The molecule has 1 atom stereocenters. The van der Waals surface area contributed by atoms with Gasteiger partial charge in [0.05, 0.1) is 15.9 Å². The predicted octanol–water partition coefficient (Wildman–Crippen LogP) is 6.20. The number of nitrogens with zero attached hydrogens (tertiary/aromatic N) is 1. The van der Waals surface area contributed by atoms with Crippen molar-refractivity contribution in [2.45, 2.75) is 42.2 Å². The van der Waals surface area contributed by atoms with E-state index in [0.29, 0.717) is 18.1 Å². The first-order valence-corrected chi connectivity index (χ1v) is 15.1. The molecule has 214 valence electrons. The second-order valence-electron chi connectivity index (χ2n) is 9.68. The number of hydrogen-bond donors (Lipinski definition) is 1. The van der Waals surface area contributed by atoms with Gasteiger partial charge in [-0.15, -0.1) is 0 Å². The fraction of sp³-hybridized carbons (Fsp3) is 0.219. The SMILES string of the molecule is CC(=O)OOc1cccc(S(=O)(=O)c2ccc(CCCN(Cc3ccccc3)C[C@H](O)c3cccc(Cl)c3)cc2)c1. The third kappa shape index (κ3) is 8.90. The molecule has 0 radical (unpaired) electrons. The molecule has 0 bridgehead atoms. The van der Waals surface area contributed by atoms with Gasteiger partial charge in [-0.05, 0) is 72.5 Å². The van der Waals surface area contributed by atoms with Crippen LogP contribution in [-0.4, -0.2) is 37.5 Å². The summed E-state index contributed by atoms with van der Waals surface area (Å²) in [5.41, 5.74) is 2.93. The number of halogens is 1. The van der Waals surface area contributed by atoms with E-state index in [-0.39, 0.29) is 15.5 Å². The molecule has 4 aromatic carbocycles. The molecule has 4 aromatic rings. The zero-order valence-corrected chi connectivity index (χ0v) is 24.2. The molecule has 0 amide bonds. The van der Waals surface area contributed by atoms with Gasteiger partial charge in [-0.25, -0.2) is 13.2 Å². The van der Waals surface area contributed by atoms with Gasteiger partial charge >= 0.3 is 5.97 Å². The molecule has 4 rings (SSSR count). The third-order valence-electron chi connectivity index (χ3n) is 6.46. The Morgan fingerprint density at radius 3 is 2.32 bits per heavy atom. The topological polar surface area (TPSA) is 93.1 Å². The van der Waals surface area contributed by atoms with Crippen LogP contribution in [0, 0.1) is 0 Å². The standard InChI is InChI=1S/C32H32ClNO6S/c1-24(35)39-40-29-13-6-14-31(21-29)41(37,38)30-17-15-25(16-18-30)10-7-19-34(22-26-8-3-2-4-9-26)23-32(36)27-11-5-12-28(33)20-27/h2-6,8-9,11-18,20-21,32,36H,7,10,19,22-23H2,1H3/t32-/m0/s1. The highest BCUT2D eigenvalue weighted by Gasteiger charge is 2.19. The Hall–Kier alpha value is -3.69. The lowest BCUT2D eigenvalue weighted by Gasteiger charge is -2.25. The minimum absolute atomic E-state index is 0.0321. The van der Waals surface area contributed by atoms with E-state index in [0.717, 1.165) is 36.1 Å². The smallest absolute Gasteiger partial charge is 0.352 e. The van der Waals surface area contributed by atoms with Crippen molar-refractivity contribution < 1.29 is 28.1 Å². The summed E-state index contributed by atoms with van der Waals surface area (Å²) >= 11 is 6.13. The molecule has 41 heavy (non-hydrogen) atoms. The molecule has 0 spiro atoms. The van der Waals surface area contributed by atoms with E-state index in [1.54, 1.807) is 24.3 Å². The minimum Gasteiger partial charge on any atom is -0.387 e. The Morgan fingerprint density at radius 2 is 1.61 bits per heavy atom. The molecule has 9 heteroatoms. The Labute approximate surface area is 245 Å². The molecule has 0 aliphatic heterocycles. The molecular weight excluding hydrogens is 562 g/mol. The van der Waals surface area contributed by atoms with E-state index in [9.17, 15) is 18.3 Å². The predicted molar refractivity (Wildman–Crippen MR) is 157 cm³/mol. The lowest BCUT2D eigenvalue weighted by atomic mass is 10.1. The van der Waals surface area contributed by atoms with Crippen LogP contribution < -0.4 is 4.89 Å². The quantitative estimate of drug-likeness (QED) is 0.146. The lowest BCUT2D eigenvalue weighted by Crippen LogP contribution is -2.29. The summed E-state index contributed by atoms with van der Waals surface area (Å²) in [5.74, 6) is -0.534. The maximum absolute atomic E-state index is 13.2. The van der Waals surface area contributed by atoms with Gasteiger partial charge < -0.3 is 5.11 Å². The molecule has 7 nitrogen and oxygen atoms in total. The second-order valence-corrected chi connectivity index (χ2v) is 12.1. The van der Waals surface area contributed by atoms with Crippen LogP contribution in [0.25, 0.3) is 0 Å². The number of aliphatic hydroxyl groups is 1.